The minimum absolute atomic E-state index is 0.0419. The molecule has 0 atom stereocenters. The summed E-state index contributed by atoms with van der Waals surface area (Å²) in [5.41, 5.74) is 6.65. The Kier molecular flexibility index (Phi) is 7.19. The van der Waals surface area contributed by atoms with Crippen molar-refractivity contribution in [2.75, 3.05) is 12.4 Å². The van der Waals surface area contributed by atoms with Gasteiger partial charge in [-0.15, -0.1) is 0 Å². The van der Waals surface area contributed by atoms with Gasteiger partial charge in [-0.3, -0.25) is 25.2 Å². The smallest absolute Gasteiger partial charge is 0.269 e. The molecule has 3 amide bonds. The summed E-state index contributed by atoms with van der Waals surface area (Å²) in [5, 5.41) is 2.66. The Hall–Kier alpha value is -3.55. The Morgan fingerprint density at radius 2 is 1.48 bits per heavy atom. The molecule has 0 aliphatic rings. The third-order valence-corrected chi connectivity index (χ3v) is 3.89. The molecule has 8 heteroatoms. The van der Waals surface area contributed by atoms with Crippen molar-refractivity contribution in [2.24, 2.45) is 0 Å². The predicted octanol–water partition coefficient (Wildman–Crippen LogP) is 2.82. The zero-order valence-electron chi connectivity index (χ0n) is 17.1. The van der Waals surface area contributed by atoms with E-state index in [1.54, 1.807) is 30.3 Å². The van der Waals surface area contributed by atoms with E-state index >= 15 is 0 Å². The molecule has 154 valence electrons. The van der Waals surface area contributed by atoms with Crippen molar-refractivity contribution in [1.29, 1.82) is 0 Å². The van der Waals surface area contributed by atoms with Gasteiger partial charge in [-0.05, 0) is 56.7 Å². The maximum absolute atomic E-state index is 12.4. The summed E-state index contributed by atoms with van der Waals surface area (Å²) in [5.74, 6) is -0.333. The number of ether oxygens (including phenoxy) is 2. The molecular formula is C21H25N3O5. The molecule has 0 unspecified atom stereocenters. The molecule has 0 radical (unpaired) electrons. The number of carbonyl (C=O) groups is 3. The van der Waals surface area contributed by atoms with E-state index in [1.807, 2.05) is 20.8 Å². The lowest BCUT2D eigenvalue weighted by molar-refractivity contribution is -0.114. The van der Waals surface area contributed by atoms with Crippen molar-refractivity contribution in [2.45, 2.75) is 33.8 Å². The van der Waals surface area contributed by atoms with Gasteiger partial charge in [0.15, 0.2) is 11.5 Å². The third-order valence-electron chi connectivity index (χ3n) is 3.89. The summed E-state index contributed by atoms with van der Waals surface area (Å²) >= 11 is 0. The number of nitrogens with one attached hydrogen (secondary N) is 3. The molecule has 0 saturated heterocycles. The van der Waals surface area contributed by atoms with Gasteiger partial charge in [-0.25, -0.2) is 0 Å². The number of aryl methyl sites for hydroxylation is 1. The second-order valence-corrected chi connectivity index (χ2v) is 6.65. The Morgan fingerprint density at radius 3 is 2.03 bits per heavy atom. The van der Waals surface area contributed by atoms with Crippen LogP contribution in [0.15, 0.2) is 36.4 Å². The second kappa shape index (κ2) is 9.59. The number of amides is 3. The largest absolute Gasteiger partial charge is 0.493 e. The van der Waals surface area contributed by atoms with E-state index in [9.17, 15) is 14.4 Å². The van der Waals surface area contributed by atoms with E-state index in [4.69, 9.17) is 9.47 Å². The summed E-state index contributed by atoms with van der Waals surface area (Å²) in [6.07, 6.45) is -0.0419. The van der Waals surface area contributed by atoms with E-state index in [-0.39, 0.29) is 17.6 Å². The van der Waals surface area contributed by atoms with Crippen molar-refractivity contribution in [3.8, 4) is 11.5 Å². The number of hydrazine groups is 1. The number of methoxy groups -OCH3 is 1. The molecule has 2 aromatic rings. The van der Waals surface area contributed by atoms with Crippen molar-refractivity contribution < 1.29 is 23.9 Å². The van der Waals surface area contributed by atoms with Crippen molar-refractivity contribution in [3.63, 3.8) is 0 Å². The monoisotopic (exact) mass is 399 g/mol. The zero-order valence-corrected chi connectivity index (χ0v) is 17.1. The number of benzene rings is 2. The van der Waals surface area contributed by atoms with Crippen LogP contribution >= 0.6 is 0 Å². The van der Waals surface area contributed by atoms with Gasteiger partial charge in [0, 0.05) is 23.7 Å². The van der Waals surface area contributed by atoms with Gasteiger partial charge in [0.05, 0.1) is 13.2 Å². The minimum atomic E-state index is -0.517. The van der Waals surface area contributed by atoms with Gasteiger partial charge in [-0.2, -0.15) is 0 Å². The second-order valence-electron chi connectivity index (χ2n) is 6.65. The number of carbonyl (C=O) groups excluding carboxylic acids is 3. The molecule has 0 bridgehead atoms. The molecule has 2 rings (SSSR count). The van der Waals surface area contributed by atoms with Gasteiger partial charge in [0.25, 0.3) is 11.8 Å². The standard InChI is InChI=1S/C21H25N3O5/c1-12(2)29-18-9-8-16(11-19(18)28-5)21(27)24-23-20(26)15-7-6-13(3)17(10-15)22-14(4)25/h6-12H,1-5H3,(H,22,25)(H,23,26)(H,24,27). The highest BCUT2D eigenvalue weighted by Crippen LogP contribution is 2.28. The molecule has 0 aliphatic carbocycles. The number of rotatable bonds is 6. The molecule has 0 saturated carbocycles. The van der Waals surface area contributed by atoms with Crippen molar-refractivity contribution in [1.82, 2.24) is 10.9 Å². The lowest BCUT2D eigenvalue weighted by Gasteiger charge is -2.15. The van der Waals surface area contributed by atoms with Crippen LogP contribution in [0, 0.1) is 6.92 Å². The van der Waals surface area contributed by atoms with Gasteiger partial charge < -0.3 is 14.8 Å². The van der Waals surface area contributed by atoms with Gasteiger partial charge >= 0.3 is 0 Å². The fraction of sp³-hybridized carbons (Fsp3) is 0.286. The summed E-state index contributed by atoms with van der Waals surface area (Å²) < 4.78 is 10.9. The molecule has 3 N–H and O–H groups in total. The van der Waals surface area contributed by atoms with Crippen LogP contribution in [0.1, 0.15) is 47.1 Å². The zero-order chi connectivity index (χ0) is 21.6. The lowest BCUT2D eigenvalue weighted by Crippen LogP contribution is -2.41. The van der Waals surface area contributed by atoms with Crippen LogP contribution in [-0.2, 0) is 4.79 Å². The van der Waals surface area contributed by atoms with E-state index < -0.39 is 11.8 Å². The molecule has 0 heterocycles. The summed E-state index contributed by atoms with van der Waals surface area (Å²) in [7, 11) is 1.48. The summed E-state index contributed by atoms with van der Waals surface area (Å²) in [4.78, 5) is 36.0. The first-order valence-corrected chi connectivity index (χ1v) is 9.05. The number of hydrogen-bond acceptors (Lipinski definition) is 5. The van der Waals surface area contributed by atoms with Gasteiger partial charge in [-0.1, -0.05) is 6.07 Å². The Morgan fingerprint density at radius 1 is 0.897 bits per heavy atom. The molecule has 0 spiro atoms. The van der Waals surface area contributed by atoms with Crippen LogP contribution in [0.25, 0.3) is 0 Å². The SMILES string of the molecule is COc1cc(C(=O)NNC(=O)c2ccc(C)c(NC(C)=O)c2)ccc1OC(C)C. The van der Waals surface area contributed by atoms with Gasteiger partial charge in [0.1, 0.15) is 0 Å². The summed E-state index contributed by atoms with van der Waals surface area (Å²) in [6, 6.07) is 9.58. The molecule has 0 aromatic heterocycles. The first kappa shape index (κ1) is 21.7. The highest BCUT2D eigenvalue weighted by Gasteiger charge is 2.14. The van der Waals surface area contributed by atoms with Crippen LogP contribution < -0.4 is 25.6 Å². The van der Waals surface area contributed by atoms with Crippen LogP contribution in [-0.4, -0.2) is 30.9 Å². The topological polar surface area (TPSA) is 106 Å². The third kappa shape index (κ3) is 5.97. The highest BCUT2D eigenvalue weighted by atomic mass is 16.5. The maximum Gasteiger partial charge on any atom is 0.269 e. The minimum Gasteiger partial charge on any atom is -0.493 e. The summed E-state index contributed by atoms with van der Waals surface area (Å²) in [6.45, 7) is 6.98. The van der Waals surface area contributed by atoms with Crippen LogP contribution in [0.4, 0.5) is 5.69 Å². The molecule has 0 fully saturated rings. The normalized spacial score (nSPS) is 10.3. The average molecular weight is 399 g/mol. The maximum atomic E-state index is 12.4. The molecule has 29 heavy (non-hydrogen) atoms. The fourth-order valence-electron chi connectivity index (χ4n) is 2.51. The predicted molar refractivity (Wildman–Crippen MR) is 109 cm³/mol. The van der Waals surface area contributed by atoms with E-state index in [0.29, 0.717) is 22.7 Å². The molecule has 8 nitrogen and oxygen atoms in total. The van der Waals surface area contributed by atoms with E-state index in [1.165, 1.54) is 20.1 Å². The highest BCUT2D eigenvalue weighted by molar-refractivity contribution is 6.00. The van der Waals surface area contributed by atoms with E-state index in [2.05, 4.69) is 16.2 Å². The van der Waals surface area contributed by atoms with Gasteiger partial charge in [0.2, 0.25) is 5.91 Å². The quantitative estimate of drug-likeness (QED) is 0.648. The Balaban J connectivity index is 2.07. The average Bonchev–Trinajstić information content (AvgIpc) is 2.67. The first-order chi connectivity index (χ1) is 13.7. The fourth-order valence-corrected chi connectivity index (χ4v) is 2.51. The first-order valence-electron chi connectivity index (χ1n) is 9.05. The van der Waals surface area contributed by atoms with E-state index in [0.717, 1.165) is 5.56 Å². The van der Waals surface area contributed by atoms with Crippen molar-refractivity contribution in [3.05, 3.63) is 53.1 Å². The Bertz CT molecular complexity index is 925. The molecular weight excluding hydrogens is 374 g/mol. The van der Waals surface area contributed by atoms with Crippen LogP contribution in [0.5, 0.6) is 11.5 Å². The molecule has 0 aliphatic heterocycles. The lowest BCUT2D eigenvalue weighted by atomic mass is 10.1. The van der Waals surface area contributed by atoms with Crippen LogP contribution in [0.3, 0.4) is 0 Å². The van der Waals surface area contributed by atoms with Crippen LogP contribution in [0.2, 0.25) is 0 Å². The Labute approximate surface area is 169 Å². The number of anilines is 1. The number of hydrogen-bond donors (Lipinski definition) is 3. The molecule has 2 aromatic carbocycles. The van der Waals surface area contributed by atoms with Crippen molar-refractivity contribution >= 4 is 23.4 Å².